The van der Waals surface area contributed by atoms with E-state index < -0.39 is 6.04 Å². The van der Waals surface area contributed by atoms with E-state index in [-0.39, 0.29) is 11.5 Å². The lowest BCUT2D eigenvalue weighted by molar-refractivity contribution is -0.127. The normalized spacial score (nSPS) is 14.8. The molecule has 236 valence electrons. The van der Waals surface area contributed by atoms with Crippen molar-refractivity contribution in [3.05, 3.63) is 114 Å². The van der Waals surface area contributed by atoms with Gasteiger partial charge >= 0.3 is 0 Å². The van der Waals surface area contributed by atoms with E-state index in [1.54, 1.807) is 29.8 Å². The summed E-state index contributed by atoms with van der Waals surface area (Å²) >= 11 is 1.32. The van der Waals surface area contributed by atoms with Crippen molar-refractivity contribution in [3.63, 3.8) is 0 Å². The molecule has 0 saturated heterocycles. The summed E-state index contributed by atoms with van der Waals surface area (Å²) in [5.41, 5.74) is 7.64. The first-order valence-corrected chi connectivity index (χ1v) is 16.2. The Balaban J connectivity index is 1.66. The Hall–Kier alpha value is -4.89. The molecule has 1 aliphatic heterocycles. The van der Waals surface area contributed by atoms with Crippen molar-refractivity contribution in [2.75, 3.05) is 27.3 Å². The molecule has 1 aliphatic rings. The molecule has 2 aromatic heterocycles. The first-order valence-electron chi connectivity index (χ1n) is 15.4. The Labute approximate surface area is 271 Å². The van der Waals surface area contributed by atoms with Crippen LogP contribution in [0.1, 0.15) is 49.1 Å². The van der Waals surface area contributed by atoms with Crippen molar-refractivity contribution >= 4 is 34.2 Å². The van der Waals surface area contributed by atoms with Crippen molar-refractivity contribution < 1.29 is 14.3 Å². The van der Waals surface area contributed by atoms with Crippen LogP contribution in [0, 0.1) is 13.8 Å². The number of hydrogen-bond acceptors (Lipinski definition) is 6. The maximum atomic E-state index is 14.6. The fourth-order valence-corrected chi connectivity index (χ4v) is 7.44. The number of carbonyl (C=O) groups is 1. The largest absolute Gasteiger partial charge is 0.497 e. The van der Waals surface area contributed by atoms with Gasteiger partial charge in [-0.2, -0.15) is 0 Å². The van der Waals surface area contributed by atoms with Gasteiger partial charge in [-0.05, 0) is 76.1 Å². The number of hydrogen-bond donors (Lipinski definition) is 1. The van der Waals surface area contributed by atoms with Gasteiger partial charge in [0.25, 0.3) is 11.5 Å². The molecular weight excluding hydrogens is 596 g/mol. The minimum absolute atomic E-state index is 0.163. The van der Waals surface area contributed by atoms with Crippen LogP contribution < -0.4 is 24.4 Å². The first-order chi connectivity index (χ1) is 22.2. The van der Waals surface area contributed by atoms with Crippen molar-refractivity contribution in [2.45, 2.75) is 40.7 Å². The van der Waals surface area contributed by atoms with Gasteiger partial charge in [-0.3, -0.25) is 14.2 Å². The fraction of sp³-hybridized carbons (Fsp3) is 0.270. The van der Waals surface area contributed by atoms with Crippen LogP contribution in [0.4, 0.5) is 0 Å². The molecule has 0 saturated carbocycles. The first kappa shape index (κ1) is 31.1. The lowest BCUT2D eigenvalue weighted by Gasteiger charge is -2.30. The number of nitrogens with one attached hydrogen (secondary N) is 1. The minimum atomic E-state index is -0.766. The SMILES string of the molecule is CCN(CC)C(=O)C1=C(C)N=c2s/c(=C/c3c(-c4ccccc4)[nH]c4c(C)cc(C)cc34)c(=O)n2[C@@H]1c1cc(OC)ccc1OC. The number of amides is 1. The summed E-state index contributed by atoms with van der Waals surface area (Å²) in [6.45, 7) is 11.0. The Bertz CT molecular complexity index is 2190. The number of aryl methyl sites for hydroxylation is 2. The van der Waals surface area contributed by atoms with E-state index in [4.69, 9.17) is 14.5 Å². The van der Waals surface area contributed by atoms with Gasteiger partial charge in [0, 0.05) is 35.1 Å². The summed E-state index contributed by atoms with van der Waals surface area (Å²) in [7, 11) is 3.18. The molecule has 6 rings (SSSR count). The average molecular weight is 635 g/mol. The molecular formula is C37H38N4O4S. The summed E-state index contributed by atoms with van der Waals surface area (Å²) in [5.74, 6) is 0.984. The summed E-state index contributed by atoms with van der Waals surface area (Å²) in [6, 6.07) is 19.1. The number of thiazole rings is 1. The summed E-state index contributed by atoms with van der Waals surface area (Å²) in [4.78, 5) is 39.5. The zero-order valence-electron chi connectivity index (χ0n) is 27.2. The quantitative estimate of drug-likeness (QED) is 0.231. The number of rotatable bonds is 8. The number of carbonyl (C=O) groups excluding carboxylic acids is 1. The predicted molar refractivity (Wildman–Crippen MR) is 184 cm³/mol. The van der Waals surface area contributed by atoms with Crippen LogP contribution in [0.5, 0.6) is 11.5 Å². The zero-order valence-corrected chi connectivity index (χ0v) is 28.0. The van der Waals surface area contributed by atoms with E-state index in [0.29, 0.717) is 50.8 Å². The highest BCUT2D eigenvalue weighted by Gasteiger charge is 2.36. The van der Waals surface area contributed by atoms with Crippen LogP contribution in [0.15, 0.2) is 81.7 Å². The van der Waals surface area contributed by atoms with Crippen LogP contribution in [-0.4, -0.2) is 47.7 Å². The number of aromatic nitrogens is 2. The van der Waals surface area contributed by atoms with Crippen molar-refractivity contribution in [1.82, 2.24) is 14.5 Å². The van der Waals surface area contributed by atoms with Gasteiger partial charge < -0.3 is 19.4 Å². The third-order valence-electron chi connectivity index (χ3n) is 8.66. The molecule has 3 aromatic carbocycles. The molecule has 3 heterocycles. The molecule has 0 aliphatic carbocycles. The number of nitrogens with zero attached hydrogens (tertiary/aromatic N) is 3. The van der Waals surface area contributed by atoms with Gasteiger partial charge in [0.15, 0.2) is 4.80 Å². The maximum absolute atomic E-state index is 14.6. The second-order valence-electron chi connectivity index (χ2n) is 11.5. The summed E-state index contributed by atoms with van der Waals surface area (Å²) in [6.07, 6.45) is 1.97. The molecule has 0 radical (unpaired) electrons. The van der Waals surface area contributed by atoms with E-state index in [9.17, 15) is 9.59 Å². The van der Waals surface area contributed by atoms with E-state index in [0.717, 1.165) is 38.9 Å². The number of likely N-dealkylation sites (N-methyl/N-ethyl adjacent to an activating group) is 1. The molecule has 0 unspecified atom stereocenters. The van der Waals surface area contributed by atoms with Crippen LogP contribution in [-0.2, 0) is 4.79 Å². The Morgan fingerprint density at radius 1 is 1.02 bits per heavy atom. The number of ether oxygens (including phenoxy) is 2. The van der Waals surface area contributed by atoms with Crippen molar-refractivity contribution in [2.24, 2.45) is 4.99 Å². The van der Waals surface area contributed by atoms with Gasteiger partial charge in [-0.25, -0.2) is 4.99 Å². The van der Waals surface area contributed by atoms with Gasteiger partial charge in [-0.1, -0.05) is 53.3 Å². The Morgan fingerprint density at radius 3 is 2.43 bits per heavy atom. The van der Waals surface area contributed by atoms with Crippen LogP contribution in [0.2, 0.25) is 0 Å². The molecule has 0 fully saturated rings. The second kappa shape index (κ2) is 12.5. The lowest BCUT2D eigenvalue weighted by atomic mass is 9.93. The average Bonchev–Trinajstić information content (AvgIpc) is 3.57. The highest BCUT2D eigenvalue weighted by molar-refractivity contribution is 7.07. The lowest BCUT2D eigenvalue weighted by Crippen LogP contribution is -2.43. The van der Waals surface area contributed by atoms with E-state index in [2.05, 4.69) is 43.1 Å². The molecule has 1 atom stereocenters. The molecule has 1 N–H and O–H groups in total. The third kappa shape index (κ3) is 5.24. The number of methoxy groups -OCH3 is 2. The van der Waals surface area contributed by atoms with E-state index in [1.807, 2.05) is 57.2 Å². The number of benzene rings is 3. The molecule has 1 amide bonds. The molecule has 8 nitrogen and oxygen atoms in total. The third-order valence-corrected chi connectivity index (χ3v) is 9.64. The van der Waals surface area contributed by atoms with Gasteiger partial charge in [-0.15, -0.1) is 0 Å². The van der Waals surface area contributed by atoms with Gasteiger partial charge in [0.2, 0.25) is 0 Å². The maximum Gasteiger partial charge on any atom is 0.271 e. The Morgan fingerprint density at radius 2 is 1.76 bits per heavy atom. The number of fused-ring (bicyclic) bond motifs is 2. The molecule has 0 bridgehead atoms. The standard InChI is InChI=1S/C37H38N4O4S/c1-8-40(9-2)36(43)31-23(5)38-37-41(34(31)28-19-25(44-6)15-16-29(28)45-7)35(42)30(46-37)20-27-26-18-21(3)17-22(4)32(26)39-33(27)24-13-11-10-12-14-24/h10-20,34,39H,8-9H2,1-7H3/b30-20+/t34-/m1/s1. The summed E-state index contributed by atoms with van der Waals surface area (Å²) in [5, 5.41) is 1.04. The van der Waals surface area contributed by atoms with Crippen molar-refractivity contribution in [1.29, 1.82) is 0 Å². The zero-order chi connectivity index (χ0) is 32.7. The minimum Gasteiger partial charge on any atom is -0.497 e. The monoisotopic (exact) mass is 634 g/mol. The molecule has 5 aromatic rings. The smallest absolute Gasteiger partial charge is 0.271 e. The molecule has 46 heavy (non-hydrogen) atoms. The molecule has 9 heteroatoms. The van der Waals surface area contributed by atoms with E-state index >= 15 is 0 Å². The van der Waals surface area contributed by atoms with Crippen LogP contribution in [0.25, 0.3) is 28.2 Å². The number of allylic oxidation sites excluding steroid dienone is 1. The van der Waals surface area contributed by atoms with Crippen LogP contribution >= 0.6 is 11.3 Å². The summed E-state index contributed by atoms with van der Waals surface area (Å²) < 4.78 is 13.5. The predicted octanol–water partition coefficient (Wildman–Crippen LogP) is 5.89. The Kier molecular flexibility index (Phi) is 8.44. The van der Waals surface area contributed by atoms with Gasteiger partial charge in [0.05, 0.1) is 35.7 Å². The second-order valence-corrected chi connectivity index (χ2v) is 12.5. The fourth-order valence-electron chi connectivity index (χ4n) is 6.41. The van der Waals surface area contributed by atoms with Crippen molar-refractivity contribution in [3.8, 4) is 22.8 Å². The number of H-pyrrole nitrogens is 1. The number of aromatic amines is 1. The van der Waals surface area contributed by atoms with Gasteiger partial charge in [0.1, 0.15) is 17.5 Å². The molecule has 0 spiro atoms. The highest BCUT2D eigenvalue weighted by atomic mass is 32.1. The van der Waals surface area contributed by atoms with E-state index in [1.165, 1.54) is 11.3 Å². The highest BCUT2D eigenvalue weighted by Crippen LogP contribution is 2.38. The topological polar surface area (TPSA) is 88.9 Å². The van der Waals surface area contributed by atoms with Crippen LogP contribution in [0.3, 0.4) is 0 Å².